The lowest BCUT2D eigenvalue weighted by Gasteiger charge is -2.33. The molecule has 1 aromatic heterocycles. The molecule has 2 aliphatic heterocycles. The summed E-state index contributed by atoms with van der Waals surface area (Å²) in [6.45, 7) is -0.311. The predicted octanol–water partition coefficient (Wildman–Crippen LogP) is 11.1. The van der Waals surface area contributed by atoms with Gasteiger partial charge in [-0.15, -0.1) is 0 Å². The lowest BCUT2D eigenvalue weighted by atomic mass is 9.50. The number of benzene rings is 8. The quantitative estimate of drug-likeness (QED) is 0.175. The van der Waals surface area contributed by atoms with Crippen LogP contribution in [0.1, 0.15) is 0 Å². The number of aromatic nitrogens is 1. The van der Waals surface area contributed by atoms with Crippen molar-refractivity contribution >= 4 is 39.6 Å². The van der Waals surface area contributed by atoms with Crippen LogP contribution in [-0.2, 0) is 0 Å². The molecule has 52 heavy (non-hydrogen) atoms. The van der Waals surface area contributed by atoms with Crippen molar-refractivity contribution in [3.8, 4) is 67.4 Å². The molecule has 2 aliphatic rings. The maximum absolute atomic E-state index is 6.91. The van der Waals surface area contributed by atoms with E-state index >= 15 is 0 Å². The minimum Gasteiger partial charge on any atom is -0.551 e. The standard InChI is InChI=1S/C48H30BNO2/c1-2-14-31(15-3-1)34-16-4-5-17-35(34)32-26-27-46-41(29-32)49-48-40(39-21-9-13-25-45(39)52-49)28-33(30-47(48)51-46)36-18-6-10-22-42(36)50-43-23-11-7-19-37(43)38-20-8-12-24-44(38)50/h1-30H. The summed E-state index contributed by atoms with van der Waals surface area (Å²) in [5, 5.41) is 2.49. The molecule has 0 saturated carbocycles. The van der Waals surface area contributed by atoms with E-state index in [1.165, 1.54) is 38.5 Å². The first kappa shape index (κ1) is 29.0. The summed E-state index contributed by atoms with van der Waals surface area (Å²) in [6, 6.07) is 64.7. The highest BCUT2D eigenvalue weighted by Gasteiger charge is 2.41. The first-order valence-electron chi connectivity index (χ1n) is 17.8. The average Bonchev–Trinajstić information content (AvgIpc) is 3.55. The molecule has 242 valence electrons. The van der Waals surface area contributed by atoms with Crippen molar-refractivity contribution in [2.45, 2.75) is 0 Å². The van der Waals surface area contributed by atoms with Gasteiger partial charge in [0, 0.05) is 32.8 Å². The number of para-hydroxylation sites is 4. The van der Waals surface area contributed by atoms with Gasteiger partial charge in [-0.05, 0) is 75.8 Å². The first-order valence-corrected chi connectivity index (χ1v) is 17.8. The Bertz CT molecular complexity index is 2820. The van der Waals surface area contributed by atoms with Gasteiger partial charge in [0.05, 0.1) is 16.7 Å². The summed E-state index contributed by atoms with van der Waals surface area (Å²) in [7, 11) is 0. The molecule has 3 nitrogen and oxygen atoms in total. The fraction of sp³-hybridized carbons (Fsp3) is 0. The van der Waals surface area contributed by atoms with Gasteiger partial charge in [-0.25, -0.2) is 0 Å². The molecular formula is C48H30BNO2. The van der Waals surface area contributed by atoms with Crippen molar-refractivity contribution in [3.63, 3.8) is 0 Å². The van der Waals surface area contributed by atoms with E-state index < -0.39 is 0 Å². The van der Waals surface area contributed by atoms with Crippen molar-refractivity contribution in [2.24, 2.45) is 0 Å². The fourth-order valence-electron chi connectivity index (χ4n) is 8.39. The van der Waals surface area contributed by atoms with E-state index in [0.29, 0.717) is 0 Å². The number of rotatable bonds is 4. The van der Waals surface area contributed by atoms with Crippen molar-refractivity contribution in [3.05, 3.63) is 182 Å². The first-order chi connectivity index (χ1) is 25.8. The lowest BCUT2D eigenvalue weighted by molar-refractivity contribution is 0.479. The Morgan fingerprint density at radius 1 is 0.385 bits per heavy atom. The van der Waals surface area contributed by atoms with Crippen molar-refractivity contribution in [1.82, 2.24) is 4.57 Å². The third-order valence-corrected chi connectivity index (χ3v) is 10.7. The van der Waals surface area contributed by atoms with Gasteiger partial charge in [-0.1, -0.05) is 140 Å². The molecule has 0 atom stereocenters. The Kier molecular flexibility index (Phi) is 6.35. The molecule has 3 heterocycles. The summed E-state index contributed by atoms with van der Waals surface area (Å²) in [5.74, 6) is 2.52. The molecule has 11 rings (SSSR count). The zero-order chi connectivity index (χ0) is 34.2. The number of hydrogen-bond donors (Lipinski definition) is 0. The summed E-state index contributed by atoms with van der Waals surface area (Å²) < 4.78 is 16.2. The molecule has 0 fully saturated rings. The van der Waals surface area contributed by atoms with E-state index in [2.05, 4.69) is 187 Å². The van der Waals surface area contributed by atoms with Gasteiger partial charge in [-0.2, -0.15) is 0 Å². The maximum atomic E-state index is 6.91. The molecule has 0 spiro atoms. The van der Waals surface area contributed by atoms with E-state index in [1.807, 2.05) is 0 Å². The fourth-order valence-corrected chi connectivity index (χ4v) is 8.39. The van der Waals surface area contributed by atoms with Crippen LogP contribution in [0.4, 0.5) is 0 Å². The second kappa shape index (κ2) is 11.4. The van der Waals surface area contributed by atoms with Crippen LogP contribution in [0.25, 0.3) is 72.0 Å². The van der Waals surface area contributed by atoms with Crippen LogP contribution < -0.4 is 20.3 Å². The van der Waals surface area contributed by atoms with Crippen LogP contribution in [-0.4, -0.2) is 11.5 Å². The Morgan fingerprint density at radius 3 is 1.77 bits per heavy atom. The van der Waals surface area contributed by atoms with Gasteiger partial charge < -0.3 is 14.0 Å². The van der Waals surface area contributed by atoms with Crippen LogP contribution in [0.5, 0.6) is 17.2 Å². The summed E-state index contributed by atoms with van der Waals surface area (Å²) in [5.41, 5.74) is 14.7. The Balaban J connectivity index is 1.10. The molecule has 0 radical (unpaired) electrons. The van der Waals surface area contributed by atoms with Crippen LogP contribution in [0.15, 0.2) is 182 Å². The van der Waals surface area contributed by atoms with E-state index in [0.717, 1.165) is 61.7 Å². The summed E-state index contributed by atoms with van der Waals surface area (Å²) in [6.07, 6.45) is 0. The highest BCUT2D eigenvalue weighted by atomic mass is 16.5. The van der Waals surface area contributed by atoms with Gasteiger partial charge in [0.2, 0.25) is 0 Å². The lowest BCUT2D eigenvalue weighted by Crippen LogP contribution is -2.53. The smallest absolute Gasteiger partial charge is 0.434 e. The molecule has 0 aliphatic carbocycles. The van der Waals surface area contributed by atoms with Crippen LogP contribution in [0.2, 0.25) is 0 Å². The molecular weight excluding hydrogens is 633 g/mol. The monoisotopic (exact) mass is 663 g/mol. The molecule has 0 bridgehead atoms. The van der Waals surface area contributed by atoms with Gasteiger partial charge in [0.15, 0.2) is 0 Å². The third-order valence-electron chi connectivity index (χ3n) is 10.7. The summed E-state index contributed by atoms with van der Waals surface area (Å²) in [4.78, 5) is 0. The Labute approximate surface area is 302 Å². The van der Waals surface area contributed by atoms with E-state index in [9.17, 15) is 0 Å². The van der Waals surface area contributed by atoms with Crippen molar-refractivity contribution < 1.29 is 9.39 Å². The molecule has 0 amide bonds. The number of nitrogens with zero attached hydrogens (tertiary/aromatic N) is 1. The van der Waals surface area contributed by atoms with E-state index in [4.69, 9.17) is 9.39 Å². The minimum absolute atomic E-state index is 0.311. The Hall–Kier alpha value is -6.78. The topological polar surface area (TPSA) is 23.4 Å². The average molecular weight is 664 g/mol. The highest BCUT2D eigenvalue weighted by molar-refractivity contribution is 6.84. The second-order valence-electron chi connectivity index (χ2n) is 13.6. The molecule has 4 heteroatoms. The van der Waals surface area contributed by atoms with Gasteiger partial charge in [0.1, 0.15) is 17.2 Å². The van der Waals surface area contributed by atoms with Crippen molar-refractivity contribution in [2.75, 3.05) is 0 Å². The van der Waals surface area contributed by atoms with Gasteiger partial charge >= 0.3 is 6.92 Å². The molecule has 0 unspecified atom stereocenters. The third kappa shape index (κ3) is 4.34. The molecule has 9 aromatic rings. The largest absolute Gasteiger partial charge is 0.551 e. The molecule has 0 N–H and O–H groups in total. The molecule has 8 aromatic carbocycles. The number of ether oxygens (including phenoxy) is 1. The zero-order valence-electron chi connectivity index (χ0n) is 28.2. The number of fused-ring (bicyclic) bond motifs is 7. The number of hydrogen-bond acceptors (Lipinski definition) is 2. The second-order valence-corrected chi connectivity index (χ2v) is 13.6. The van der Waals surface area contributed by atoms with Gasteiger partial charge in [-0.3, -0.25) is 0 Å². The van der Waals surface area contributed by atoms with Crippen LogP contribution in [0.3, 0.4) is 0 Å². The zero-order valence-corrected chi connectivity index (χ0v) is 28.2. The van der Waals surface area contributed by atoms with Gasteiger partial charge in [0.25, 0.3) is 0 Å². The molecule has 0 saturated heterocycles. The van der Waals surface area contributed by atoms with E-state index in [-0.39, 0.29) is 6.92 Å². The SMILES string of the molecule is c1ccc(-c2ccccc2-c2ccc3c(c2)B2Oc4ccccc4-c4cc(-c5ccccc5-n5c6ccccc6c6ccccc65)cc(c42)O3)cc1. The van der Waals surface area contributed by atoms with Crippen LogP contribution in [0, 0.1) is 0 Å². The van der Waals surface area contributed by atoms with Crippen LogP contribution >= 0.6 is 0 Å². The maximum Gasteiger partial charge on any atom is 0.434 e. The minimum atomic E-state index is -0.311. The van der Waals surface area contributed by atoms with E-state index in [1.54, 1.807) is 0 Å². The predicted molar refractivity (Wildman–Crippen MR) is 215 cm³/mol. The van der Waals surface area contributed by atoms with Crippen molar-refractivity contribution in [1.29, 1.82) is 0 Å². The Morgan fingerprint density at radius 2 is 1.00 bits per heavy atom. The summed E-state index contributed by atoms with van der Waals surface area (Å²) >= 11 is 0. The highest BCUT2D eigenvalue weighted by Crippen LogP contribution is 2.44. The normalized spacial score (nSPS) is 12.5.